The molecule has 0 radical (unpaired) electrons. The number of aromatic amines is 2. The Morgan fingerprint density at radius 3 is 2.02 bits per heavy atom. The molecule has 1 saturated carbocycles. The quantitative estimate of drug-likeness (QED) is 0.0937. The monoisotopic (exact) mass is 876 g/mol. The first-order valence-electron chi connectivity index (χ1n) is 22.7. The Kier molecular flexibility index (Phi) is 11.4. The maximum absolute atomic E-state index is 14.4. The number of hydrogen-bond acceptors (Lipinski definition) is 9. The van der Waals surface area contributed by atoms with Crippen molar-refractivity contribution in [2.24, 2.45) is 17.8 Å². The number of hydrogen-bond donors (Lipinski definition) is 4. The Morgan fingerprint density at radius 2 is 1.38 bits per heavy atom. The summed E-state index contributed by atoms with van der Waals surface area (Å²) in [6.07, 6.45) is 3.09. The van der Waals surface area contributed by atoms with Crippen molar-refractivity contribution in [3.8, 4) is 11.1 Å². The molecule has 1 aliphatic carbocycles. The van der Waals surface area contributed by atoms with Gasteiger partial charge < -0.3 is 39.7 Å². The van der Waals surface area contributed by atoms with Gasteiger partial charge in [-0.2, -0.15) is 0 Å². The van der Waals surface area contributed by atoms with E-state index < -0.39 is 18.2 Å². The van der Waals surface area contributed by atoms with Crippen LogP contribution in [0.3, 0.4) is 0 Å². The van der Waals surface area contributed by atoms with Gasteiger partial charge in [0.25, 0.3) is 5.91 Å². The summed E-state index contributed by atoms with van der Waals surface area (Å²) < 4.78 is 15.4. The number of aromatic nitrogens is 4. The number of carbonyl (C=O) groups excluding carboxylic acids is 3. The molecule has 2 saturated heterocycles. The lowest BCUT2D eigenvalue weighted by Gasteiger charge is -2.37. The average Bonchev–Trinajstić information content (AvgIpc) is 4.19. The molecule has 5 aromatic carbocycles. The fourth-order valence-electron chi connectivity index (χ4n) is 10.9. The zero-order valence-electron chi connectivity index (χ0n) is 37.5. The third-order valence-corrected chi connectivity index (χ3v) is 14.2. The van der Waals surface area contributed by atoms with Crippen molar-refractivity contribution in [1.29, 1.82) is 0 Å². The van der Waals surface area contributed by atoms with Gasteiger partial charge in [-0.25, -0.2) is 19.6 Å². The van der Waals surface area contributed by atoms with Crippen LogP contribution >= 0.6 is 0 Å². The van der Waals surface area contributed by atoms with Gasteiger partial charge >= 0.3 is 12.2 Å². The second-order valence-corrected chi connectivity index (χ2v) is 18.4. The molecule has 4 heterocycles. The topological polar surface area (TPSA) is 167 Å². The SMILES string of the molecule is COC[C@H]1C[C@@H](c2nc3c(ccc4cc(-c5ccc6c(ccc7[nH]c([C@@H]8[C@@H]9CC[C@@H](C9)N8C[C@@H](NC(=O)OC)C(C)C)nc76)c5)ccc43)[nH]2)N(C(=O)[C@H](NC(=O)OC)c2ccccc2)C1. The van der Waals surface area contributed by atoms with E-state index in [0.717, 1.165) is 73.5 Å². The molecule has 4 N–H and O–H groups in total. The third-order valence-electron chi connectivity index (χ3n) is 14.2. The Morgan fingerprint density at radius 1 is 0.754 bits per heavy atom. The molecule has 10 rings (SSSR count). The lowest BCUT2D eigenvalue weighted by atomic mass is 9.96. The Labute approximate surface area is 377 Å². The fourth-order valence-corrected chi connectivity index (χ4v) is 10.9. The fraction of sp³-hybridized carbons (Fsp3) is 0.392. The number of carbonyl (C=O) groups is 3. The van der Waals surface area contributed by atoms with Crippen molar-refractivity contribution < 1.29 is 28.6 Å². The predicted octanol–water partition coefficient (Wildman–Crippen LogP) is 8.95. The Balaban J connectivity index is 0.926. The molecule has 7 atom stereocenters. The number of ether oxygens (including phenoxy) is 3. The van der Waals surface area contributed by atoms with E-state index in [1.807, 2.05) is 35.2 Å². The summed E-state index contributed by atoms with van der Waals surface area (Å²) in [5.41, 5.74) is 6.58. The zero-order chi connectivity index (χ0) is 44.9. The van der Waals surface area contributed by atoms with E-state index in [0.29, 0.717) is 42.9 Å². The summed E-state index contributed by atoms with van der Waals surface area (Å²) >= 11 is 0. The number of H-pyrrole nitrogens is 2. The maximum atomic E-state index is 14.4. The van der Waals surface area contributed by atoms with Gasteiger partial charge in [0.15, 0.2) is 0 Å². The first kappa shape index (κ1) is 42.4. The number of amides is 3. The molecule has 2 aliphatic heterocycles. The molecular formula is C51H56N8O6. The van der Waals surface area contributed by atoms with Gasteiger partial charge in [0.05, 0.1) is 55.0 Å². The number of rotatable bonds is 12. The van der Waals surface area contributed by atoms with E-state index in [1.165, 1.54) is 27.1 Å². The summed E-state index contributed by atoms with van der Waals surface area (Å²) in [4.78, 5) is 61.3. The largest absolute Gasteiger partial charge is 0.453 e. The molecule has 0 unspecified atom stereocenters. The van der Waals surface area contributed by atoms with Gasteiger partial charge in [0, 0.05) is 49.0 Å². The second kappa shape index (κ2) is 17.5. The number of benzene rings is 5. The minimum atomic E-state index is -0.931. The summed E-state index contributed by atoms with van der Waals surface area (Å²) in [5.74, 6) is 2.32. The number of imidazole rings is 2. The van der Waals surface area contributed by atoms with Crippen LogP contribution in [0.2, 0.25) is 0 Å². The number of nitrogens with zero attached hydrogens (tertiary/aromatic N) is 4. The Hall–Kier alpha value is -6.51. The number of methoxy groups -OCH3 is 3. The van der Waals surface area contributed by atoms with Gasteiger partial charge in [-0.3, -0.25) is 9.69 Å². The lowest BCUT2D eigenvalue weighted by Crippen LogP contribution is -2.49. The van der Waals surface area contributed by atoms with Crippen LogP contribution in [0.25, 0.3) is 54.7 Å². The van der Waals surface area contributed by atoms with E-state index in [-0.39, 0.29) is 35.9 Å². The number of nitrogens with one attached hydrogen (secondary N) is 4. The molecule has 3 aliphatic rings. The van der Waals surface area contributed by atoms with Crippen molar-refractivity contribution in [2.75, 3.05) is 41.0 Å². The smallest absolute Gasteiger partial charge is 0.407 e. The predicted molar refractivity (Wildman–Crippen MR) is 250 cm³/mol. The van der Waals surface area contributed by atoms with Crippen LogP contribution in [-0.4, -0.2) is 101 Å². The number of alkyl carbamates (subject to hydrolysis) is 2. The standard InChI is InChI=1S/C51H56N8O6/c1-28(2)41(54-50(61)64-4)26-58-36-16-11-35(24-36)46(58)48-53-40-20-15-34-23-32(13-18-38(34)45(40)56-48)31-12-17-37-33(22-31)14-19-39-44(37)55-47(52-39)42-21-29(27-63-3)25-59(42)49(60)43(57-51(62)65-5)30-9-7-6-8-10-30/h6-10,12-15,17-20,22-23,28-29,35-36,41-43,46H,11,16,21,24-27H2,1-5H3,(H,52,55)(H,53,56)(H,54,61)(H,57,62)/t29-,35+,36-,41+,42-,43+,46-/m0/s1. The first-order valence-corrected chi connectivity index (χ1v) is 22.7. The average molecular weight is 877 g/mol. The van der Waals surface area contributed by atoms with Crippen LogP contribution in [0.15, 0.2) is 91.0 Å². The summed E-state index contributed by atoms with van der Waals surface area (Å²) in [6.45, 7) is 5.99. The minimum Gasteiger partial charge on any atom is -0.453 e. The highest BCUT2D eigenvalue weighted by Crippen LogP contribution is 2.50. The van der Waals surface area contributed by atoms with Gasteiger partial charge in [-0.05, 0) is 89.2 Å². The van der Waals surface area contributed by atoms with Crippen LogP contribution in [0.4, 0.5) is 9.59 Å². The molecule has 14 nitrogen and oxygen atoms in total. The van der Waals surface area contributed by atoms with Gasteiger partial charge in [0.1, 0.15) is 17.7 Å². The third kappa shape index (κ3) is 7.92. The van der Waals surface area contributed by atoms with Crippen molar-refractivity contribution in [3.05, 3.63) is 108 Å². The molecule has 14 heteroatoms. The molecule has 2 aromatic heterocycles. The van der Waals surface area contributed by atoms with E-state index in [2.05, 4.69) is 100 Å². The molecule has 3 amide bonds. The van der Waals surface area contributed by atoms with Crippen LogP contribution in [0, 0.1) is 17.8 Å². The highest BCUT2D eigenvalue weighted by atomic mass is 16.5. The highest BCUT2D eigenvalue weighted by Gasteiger charge is 2.48. The summed E-state index contributed by atoms with van der Waals surface area (Å²) in [5, 5.41) is 10.1. The van der Waals surface area contributed by atoms with E-state index >= 15 is 0 Å². The molecule has 0 spiro atoms. The number of likely N-dealkylation sites (tertiary alicyclic amines) is 2. The van der Waals surface area contributed by atoms with Crippen LogP contribution in [-0.2, 0) is 19.0 Å². The van der Waals surface area contributed by atoms with Gasteiger partial charge in [-0.1, -0.05) is 80.6 Å². The molecule has 3 fully saturated rings. The van der Waals surface area contributed by atoms with Crippen molar-refractivity contribution >= 4 is 61.7 Å². The van der Waals surface area contributed by atoms with Gasteiger partial charge in [-0.15, -0.1) is 0 Å². The first-order chi connectivity index (χ1) is 31.6. The number of piperidine rings is 1. The second-order valence-electron chi connectivity index (χ2n) is 18.4. The maximum Gasteiger partial charge on any atom is 0.407 e. The summed E-state index contributed by atoms with van der Waals surface area (Å²) in [7, 11) is 4.38. The van der Waals surface area contributed by atoms with Crippen molar-refractivity contribution in [1.82, 2.24) is 40.4 Å². The number of fused-ring (bicyclic) bond motifs is 8. The van der Waals surface area contributed by atoms with E-state index in [4.69, 9.17) is 24.2 Å². The van der Waals surface area contributed by atoms with E-state index in [9.17, 15) is 14.4 Å². The van der Waals surface area contributed by atoms with Crippen molar-refractivity contribution in [3.63, 3.8) is 0 Å². The zero-order valence-corrected chi connectivity index (χ0v) is 37.5. The molecule has 2 bridgehead atoms. The molecule has 336 valence electrons. The van der Waals surface area contributed by atoms with Crippen LogP contribution in [0.5, 0.6) is 0 Å². The lowest BCUT2D eigenvalue weighted by molar-refractivity contribution is -0.134. The highest BCUT2D eigenvalue weighted by molar-refractivity contribution is 6.07. The van der Waals surface area contributed by atoms with Crippen molar-refractivity contribution in [2.45, 2.75) is 69.7 Å². The molecular weight excluding hydrogens is 821 g/mol. The van der Waals surface area contributed by atoms with E-state index in [1.54, 1.807) is 7.11 Å². The molecule has 65 heavy (non-hydrogen) atoms. The molecule has 7 aromatic rings. The Bertz CT molecular complexity index is 2910. The normalized spacial score (nSPS) is 21.8. The van der Waals surface area contributed by atoms with Crippen LogP contribution < -0.4 is 10.6 Å². The van der Waals surface area contributed by atoms with Crippen LogP contribution in [0.1, 0.15) is 74.9 Å². The minimum absolute atomic E-state index is 0.0295. The van der Waals surface area contributed by atoms with Gasteiger partial charge in [0.2, 0.25) is 0 Å². The summed E-state index contributed by atoms with van der Waals surface area (Å²) in [6, 6.07) is 30.1.